The van der Waals surface area contributed by atoms with Gasteiger partial charge < -0.3 is 5.32 Å². The normalized spacial score (nSPS) is 10.5. The molecule has 0 saturated carbocycles. The average Bonchev–Trinajstić information content (AvgIpc) is 2.80. The summed E-state index contributed by atoms with van der Waals surface area (Å²) < 4.78 is 0. The first-order valence-electron chi connectivity index (χ1n) is 5.84. The third-order valence-electron chi connectivity index (χ3n) is 2.44. The minimum atomic E-state index is -0.349. The van der Waals surface area contributed by atoms with Crippen molar-refractivity contribution in [3.63, 3.8) is 0 Å². The molecule has 1 heterocycles. The number of carbonyl (C=O) groups is 1. The van der Waals surface area contributed by atoms with Gasteiger partial charge in [0.1, 0.15) is 0 Å². The lowest BCUT2D eigenvalue weighted by atomic mass is 10.2. The van der Waals surface area contributed by atoms with Crippen LogP contribution in [0.2, 0.25) is 5.02 Å². The van der Waals surface area contributed by atoms with Crippen molar-refractivity contribution < 1.29 is 4.79 Å². The van der Waals surface area contributed by atoms with E-state index in [1.165, 1.54) is 11.3 Å². The highest BCUT2D eigenvalue weighted by Crippen LogP contribution is 2.25. The van der Waals surface area contributed by atoms with Crippen LogP contribution < -0.4 is 10.6 Å². The maximum absolute atomic E-state index is 11.8. The van der Waals surface area contributed by atoms with Gasteiger partial charge in [-0.05, 0) is 18.1 Å². The quantitative estimate of drug-likeness (QED) is 0.872. The van der Waals surface area contributed by atoms with Gasteiger partial charge in [-0.1, -0.05) is 37.6 Å². The third kappa shape index (κ3) is 3.68. The van der Waals surface area contributed by atoms with Crippen LogP contribution in [0.3, 0.4) is 0 Å². The average molecular weight is 296 g/mol. The number of hydrogen-bond donors (Lipinski definition) is 2. The molecule has 2 aromatic rings. The van der Waals surface area contributed by atoms with Gasteiger partial charge >= 0.3 is 6.03 Å². The van der Waals surface area contributed by atoms with E-state index in [0.717, 1.165) is 4.88 Å². The zero-order chi connectivity index (χ0) is 13.8. The number of nitrogens with zero attached hydrogens (tertiary/aromatic N) is 1. The summed E-state index contributed by atoms with van der Waals surface area (Å²) in [5.41, 5.74) is 0.572. The van der Waals surface area contributed by atoms with Crippen molar-refractivity contribution >= 4 is 39.8 Å². The third-order valence-corrected chi connectivity index (χ3v) is 3.98. The lowest BCUT2D eigenvalue weighted by molar-refractivity contribution is 0.262. The Hall–Kier alpha value is -1.59. The van der Waals surface area contributed by atoms with E-state index in [0.29, 0.717) is 21.8 Å². The molecule has 0 unspecified atom stereocenters. The van der Waals surface area contributed by atoms with Crippen LogP contribution in [0.15, 0.2) is 30.5 Å². The van der Waals surface area contributed by atoms with Crippen molar-refractivity contribution in [3.8, 4) is 0 Å². The highest BCUT2D eigenvalue weighted by Gasteiger charge is 2.09. The van der Waals surface area contributed by atoms with E-state index in [1.54, 1.807) is 24.4 Å². The molecular formula is C13H14ClN3OS. The van der Waals surface area contributed by atoms with Crippen LogP contribution in [0.5, 0.6) is 0 Å². The molecule has 4 nitrogen and oxygen atoms in total. The second-order valence-corrected chi connectivity index (χ2v) is 5.75. The predicted octanol–water partition coefficient (Wildman–Crippen LogP) is 4.56. The number of amides is 2. The fraction of sp³-hybridized carbons (Fsp3) is 0.231. The Kier molecular flexibility index (Phi) is 4.39. The number of anilines is 2. The fourth-order valence-corrected chi connectivity index (χ4v) is 2.42. The number of hydrogen-bond acceptors (Lipinski definition) is 3. The van der Waals surface area contributed by atoms with E-state index in [4.69, 9.17) is 11.6 Å². The number of rotatable bonds is 3. The SMILES string of the molecule is CC(C)c1cnc(NC(=O)Nc2ccccc2Cl)s1. The van der Waals surface area contributed by atoms with Crippen LogP contribution >= 0.6 is 22.9 Å². The highest BCUT2D eigenvalue weighted by atomic mass is 35.5. The molecule has 1 aromatic heterocycles. The molecule has 0 bridgehead atoms. The molecule has 0 aliphatic heterocycles. The summed E-state index contributed by atoms with van der Waals surface area (Å²) in [6, 6.07) is 6.72. The van der Waals surface area contributed by atoms with Gasteiger partial charge in [0, 0.05) is 11.1 Å². The van der Waals surface area contributed by atoms with Gasteiger partial charge in [-0.25, -0.2) is 9.78 Å². The molecule has 2 N–H and O–H groups in total. The summed E-state index contributed by atoms with van der Waals surface area (Å²) in [6.45, 7) is 4.17. The van der Waals surface area contributed by atoms with E-state index in [-0.39, 0.29) is 6.03 Å². The largest absolute Gasteiger partial charge is 0.325 e. The molecule has 2 amide bonds. The van der Waals surface area contributed by atoms with Crippen molar-refractivity contribution in [2.75, 3.05) is 10.6 Å². The predicted molar refractivity (Wildman–Crippen MR) is 80.3 cm³/mol. The second-order valence-electron chi connectivity index (χ2n) is 4.28. The number of nitrogens with one attached hydrogen (secondary N) is 2. The molecule has 0 radical (unpaired) electrons. The summed E-state index contributed by atoms with van der Waals surface area (Å²) in [7, 11) is 0. The molecule has 0 fully saturated rings. The van der Waals surface area contributed by atoms with Gasteiger partial charge in [0.05, 0.1) is 10.7 Å². The van der Waals surface area contributed by atoms with Crippen molar-refractivity contribution in [1.29, 1.82) is 0 Å². The number of benzene rings is 1. The molecule has 100 valence electrons. The van der Waals surface area contributed by atoms with Crippen LogP contribution in [0.25, 0.3) is 0 Å². The van der Waals surface area contributed by atoms with Gasteiger partial charge in [-0.15, -0.1) is 11.3 Å². The molecule has 0 spiro atoms. The van der Waals surface area contributed by atoms with Gasteiger partial charge in [0.25, 0.3) is 0 Å². The lowest BCUT2D eigenvalue weighted by Gasteiger charge is -2.06. The minimum Gasteiger partial charge on any atom is -0.306 e. The van der Waals surface area contributed by atoms with Crippen molar-refractivity contribution in [2.45, 2.75) is 19.8 Å². The lowest BCUT2D eigenvalue weighted by Crippen LogP contribution is -2.19. The first kappa shape index (κ1) is 13.8. The van der Waals surface area contributed by atoms with Gasteiger partial charge in [0.15, 0.2) is 5.13 Å². The zero-order valence-electron chi connectivity index (χ0n) is 10.6. The molecule has 0 aliphatic rings. The van der Waals surface area contributed by atoms with E-state index in [2.05, 4.69) is 29.5 Å². The van der Waals surface area contributed by atoms with E-state index >= 15 is 0 Å². The summed E-state index contributed by atoms with van der Waals surface area (Å²) in [6.07, 6.45) is 1.78. The van der Waals surface area contributed by atoms with Crippen LogP contribution in [-0.4, -0.2) is 11.0 Å². The van der Waals surface area contributed by atoms with Crippen molar-refractivity contribution in [2.24, 2.45) is 0 Å². The Morgan fingerprint density at radius 2 is 2.05 bits per heavy atom. The Bertz CT molecular complexity index is 583. The monoisotopic (exact) mass is 295 g/mol. The molecule has 19 heavy (non-hydrogen) atoms. The number of thiazole rings is 1. The first-order valence-corrected chi connectivity index (χ1v) is 7.04. The van der Waals surface area contributed by atoms with Crippen molar-refractivity contribution in [3.05, 3.63) is 40.4 Å². The van der Waals surface area contributed by atoms with Crippen LogP contribution in [0, 0.1) is 0 Å². The van der Waals surface area contributed by atoms with E-state index in [9.17, 15) is 4.79 Å². The molecule has 6 heteroatoms. The molecular weight excluding hydrogens is 282 g/mol. The van der Waals surface area contributed by atoms with Crippen LogP contribution in [0.4, 0.5) is 15.6 Å². The fourth-order valence-electron chi connectivity index (χ4n) is 1.42. The molecule has 0 saturated heterocycles. The minimum absolute atomic E-state index is 0.349. The van der Waals surface area contributed by atoms with Gasteiger partial charge in [-0.2, -0.15) is 0 Å². The Morgan fingerprint density at radius 1 is 1.32 bits per heavy atom. The standard InChI is InChI=1S/C13H14ClN3OS/c1-8(2)11-7-15-13(19-11)17-12(18)16-10-6-4-3-5-9(10)14/h3-8H,1-2H3,(H2,15,16,17,18). The van der Waals surface area contributed by atoms with E-state index in [1.807, 2.05) is 6.07 Å². The highest BCUT2D eigenvalue weighted by molar-refractivity contribution is 7.15. The van der Waals surface area contributed by atoms with E-state index < -0.39 is 0 Å². The smallest absolute Gasteiger partial charge is 0.306 e. The maximum atomic E-state index is 11.8. The summed E-state index contributed by atoms with van der Waals surface area (Å²) in [5, 5.41) is 6.45. The molecule has 0 atom stereocenters. The molecule has 1 aromatic carbocycles. The van der Waals surface area contributed by atoms with Gasteiger partial charge in [-0.3, -0.25) is 5.32 Å². The Labute approximate surface area is 120 Å². The molecule has 0 aliphatic carbocycles. The Balaban J connectivity index is 1.99. The number of para-hydroxylation sites is 1. The maximum Gasteiger partial charge on any atom is 0.325 e. The number of urea groups is 1. The van der Waals surface area contributed by atoms with Crippen LogP contribution in [-0.2, 0) is 0 Å². The van der Waals surface area contributed by atoms with Crippen molar-refractivity contribution in [1.82, 2.24) is 4.98 Å². The summed E-state index contributed by atoms with van der Waals surface area (Å²) >= 11 is 7.43. The topological polar surface area (TPSA) is 54.0 Å². The first-order chi connectivity index (χ1) is 9.06. The number of halogens is 1. The molecule has 2 rings (SSSR count). The van der Waals surface area contributed by atoms with Crippen LogP contribution in [0.1, 0.15) is 24.6 Å². The number of aromatic nitrogens is 1. The summed E-state index contributed by atoms with van der Waals surface area (Å²) in [4.78, 5) is 17.1. The summed E-state index contributed by atoms with van der Waals surface area (Å²) in [5.74, 6) is 0.402. The number of carbonyl (C=O) groups excluding carboxylic acids is 1. The Morgan fingerprint density at radius 3 is 2.68 bits per heavy atom. The zero-order valence-corrected chi connectivity index (χ0v) is 12.2. The van der Waals surface area contributed by atoms with Gasteiger partial charge in [0.2, 0.25) is 0 Å². The second kappa shape index (κ2) is 6.04.